The summed E-state index contributed by atoms with van der Waals surface area (Å²) < 4.78 is 1.70. The van der Waals surface area contributed by atoms with E-state index in [9.17, 15) is 9.59 Å². The van der Waals surface area contributed by atoms with Gasteiger partial charge in [0.05, 0.1) is 16.7 Å². The van der Waals surface area contributed by atoms with Crippen LogP contribution < -0.4 is 10.9 Å². The summed E-state index contributed by atoms with van der Waals surface area (Å²) in [6, 6.07) is 5.43. The van der Waals surface area contributed by atoms with E-state index in [1.165, 1.54) is 31.0 Å². The molecular formula is C21H28ClN3O2S. The van der Waals surface area contributed by atoms with Gasteiger partial charge in [-0.2, -0.15) is 0 Å². The van der Waals surface area contributed by atoms with Crippen molar-refractivity contribution in [2.75, 3.05) is 5.75 Å². The van der Waals surface area contributed by atoms with Crippen LogP contribution in [0.3, 0.4) is 0 Å². The largest absolute Gasteiger partial charge is 0.353 e. The third-order valence-corrected chi connectivity index (χ3v) is 6.33. The molecule has 5 nitrogen and oxygen atoms in total. The average molecular weight is 422 g/mol. The number of hydrogen-bond acceptors (Lipinski definition) is 4. The lowest BCUT2D eigenvalue weighted by atomic mass is 9.95. The van der Waals surface area contributed by atoms with Gasteiger partial charge in [-0.15, -0.1) is 0 Å². The number of aromatic nitrogens is 2. The van der Waals surface area contributed by atoms with E-state index in [2.05, 4.69) is 24.1 Å². The summed E-state index contributed by atoms with van der Waals surface area (Å²) in [4.78, 5) is 30.1. The van der Waals surface area contributed by atoms with Gasteiger partial charge in [0.2, 0.25) is 5.91 Å². The zero-order chi connectivity index (χ0) is 20.1. The number of nitrogens with one attached hydrogen (secondary N) is 1. The molecule has 7 heteroatoms. The van der Waals surface area contributed by atoms with Gasteiger partial charge in [-0.3, -0.25) is 14.2 Å². The second kappa shape index (κ2) is 9.79. The van der Waals surface area contributed by atoms with E-state index in [0.29, 0.717) is 33.5 Å². The summed E-state index contributed by atoms with van der Waals surface area (Å²) in [7, 11) is 0. The molecule has 1 aromatic carbocycles. The normalized spacial score (nSPS) is 15.3. The van der Waals surface area contributed by atoms with Crippen LogP contribution in [0.5, 0.6) is 0 Å². The highest BCUT2D eigenvalue weighted by Gasteiger charge is 2.18. The Morgan fingerprint density at radius 2 is 2.07 bits per heavy atom. The van der Waals surface area contributed by atoms with E-state index in [1.54, 1.807) is 22.8 Å². The molecule has 28 heavy (non-hydrogen) atoms. The number of benzene rings is 1. The Balaban J connectivity index is 1.79. The molecule has 1 saturated carbocycles. The van der Waals surface area contributed by atoms with Crippen LogP contribution in [-0.2, 0) is 11.3 Å². The third kappa shape index (κ3) is 5.51. The van der Waals surface area contributed by atoms with Gasteiger partial charge in [-0.05, 0) is 43.4 Å². The van der Waals surface area contributed by atoms with Crippen molar-refractivity contribution in [3.8, 4) is 0 Å². The van der Waals surface area contributed by atoms with E-state index in [0.717, 1.165) is 19.3 Å². The number of carbonyl (C=O) groups is 1. The maximum Gasteiger partial charge on any atom is 0.262 e. The van der Waals surface area contributed by atoms with Crippen molar-refractivity contribution in [1.82, 2.24) is 14.9 Å². The first-order chi connectivity index (χ1) is 13.4. The maximum atomic E-state index is 13.0. The van der Waals surface area contributed by atoms with Gasteiger partial charge < -0.3 is 5.32 Å². The molecule has 152 valence electrons. The minimum atomic E-state index is -0.0718. The molecule has 0 aliphatic heterocycles. The lowest BCUT2D eigenvalue weighted by Crippen LogP contribution is -2.37. The molecule has 0 unspecified atom stereocenters. The first-order valence-electron chi connectivity index (χ1n) is 10.1. The van der Waals surface area contributed by atoms with Crippen LogP contribution in [0.4, 0.5) is 0 Å². The Bertz CT molecular complexity index is 891. The number of nitrogens with zero attached hydrogens (tertiary/aromatic N) is 2. The molecule has 0 bridgehead atoms. The Kier molecular flexibility index (Phi) is 7.41. The van der Waals surface area contributed by atoms with Gasteiger partial charge in [0, 0.05) is 17.6 Å². The summed E-state index contributed by atoms with van der Waals surface area (Å²) in [6.45, 7) is 4.85. The highest BCUT2D eigenvalue weighted by molar-refractivity contribution is 7.99. The Labute approximate surface area is 175 Å². The van der Waals surface area contributed by atoms with Crippen molar-refractivity contribution in [3.63, 3.8) is 0 Å². The second-order valence-corrected chi connectivity index (χ2v) is 9.27. The lowest BCUT2D eigenvalue weighted by Gasteiger charge is -2.22. The molecule has 1 aliphatic rings. The number of carbonyl (C=O) groups excluding carboxylic acids is 1. The molecule has 0 radical (unpaired) electrons. The van der Waals surface area contributed by atoms with E-state index in [1.807, 2.05) is 0 Å². The van der Waals surface area contributed by atoms with Crippen molar-refractivity contribution >= 4 is 40.2 Å². The van der Waals surface area contributed by atoms with Crippen molar-refractivity contribution < 1.29 is 4.79 Å². The van der Waals surface area contributed by atoms with Crippen molar-refractivity contribution in [3.05, 3.63) is 33.6 Å². The van der Waals surface area contributed by atoms with Gasteiger partial charge >= 0.3 is 0 Å². The summed E-state index contributed by atoms with van der Waals surface area (Å²) in [5.74, 6) is 0.740. The molecule has 0 saturated heterocycles. The highest BCUT2D eigenvalue weighted by Crippen LogP contribution is 2.22. The molecule has 1 aromatic heterocycles. The molecule has 1 N–H and O–H groups in total. The van der Waals surface area contributed by atoms with Crippen LogP contribution in [0.1, 0.15) is 52.4 Å². The minimum Gasteiger partial charge on any atom is -0.353 e. The van der Waals surface area contributed by atoms with Crippen molar-refractivity contribution in [2.45, 2.75) is 70.1 Å². The van der Waals surface area contributed by atoms with Crippen LogP contribution in [-0.4, -0.2) is 27.3 Å². The molecule has 1 fully saturated rings. The maximum absolute atomic E-state index is 13.0. The molecule has 1 aliphatic carbocycles. The SMILES string of the molecule is CC(C)CCn1c(SCC(=O)NC2CCCCC2)nc2cc(Cl)ccc2c1=O. The molecular weight excluding hydrogens is 394 g/mol. The van der Waals surface area contributed by atoms with Crippen molar-refractivity contribution in [2.24, 2.45) is 5.92 Å². The zero-order valence-corrected chi connectivity index (χ0v) is 18.1. The molecule has 1 amide bonds. The van der Waals surface area contributed by atoms with Gasteiger partial charge in [-0.1, -0.05) is 56.5 Å². The Morgan fingerprint density at radius 3 is 2.79 bits per heavy atom. The second-order valence-electron chi connectivity index (χ2n) is 7.89. The fraction of sp³-hybridized carbons (Fsp3) is 0.571. The summed E-state index contributed by atoms with van der Waals surface area (Å²) >= 11 is 7.41. The van der Waals surface area contributed by atoms with Crippen LogP contribution >= 0.6 is 23.4 Å². The Hall–Kier alpha value is -1.53. The minimum absolute atomic E-state index is 0.00718. The number of rotatable bonds is 7. The third-order valence-electron chi connectivity index (χ3n) is 5.12. The standard InChI is InChI=1S/C21H28ClN3O2S/c1-14(2)10-11-25-20(27)17-9-8-15(22)12-18(17)24-21(25)28-13-19(26)23-16-6-4-3-5-7-16/h8-9,12,14,16H,3-7,10-11,13H2,1-2H3,(H,23,26). The molecule has 3 rings (SSSR count). The van der Waals surface area contributed by atoms with E-state index in [4.69, 9.17) is 11.6 Å². The number of halogens is 1. The first kappa shape index (κ1) is 21.2. The van der Waals surface area contributed by atoms with Gasteiger partial charge in [0.15, 0.2) is 5.16 Å². The van der Waals surface area contributed by atoms with E-state index < -0.39 is 0 Å². The number of thioether (sulfide) groups is 1. The zero-order valence-electron chi connectivity index (χ0n) is 16.5. The smallest absolute Gasteiger partial charge is 0.262 e. The van der Waals surface area contributed by atoms with Crippen LogP contribution in [0.15, 0.2) is 28.2 Å². The topological polar surface area (TPSA) is 64.0 Å². The number of hydrogen-bond donors (Lipinski definition) is 1. The van der Waals surface area contributed by atoms with Crippen molar-refractivity contribution in [1.29, 1.82) is 0 Å². The number of amides is 1. The predicted molar refractivity (Wildman–Crippen MR) is 116 cm³/mol. The van der Waals surface area contributed by atoms with Gasteiger partial charge in [0.1, 0.15) is 0 Å². The Morgan fingerprint density at radius 1 is 1.32 bits per heavy atom. The quantitative estimate of drug-likeness (QED) is 0.522. The fourth-order valence-electron chi connectivity index (χ4n) is 3.51. The summed E-state index contributed by atoms with van der Waals surface area (Å²) in [6.07, 6.45) is 6.61. The predicted octanol–water partition coefficient (Wildman–Crippen LogP) is 4.64. The van der Waals surface area contributed by atoms with Gasteiger partial charge in [0.25, 0.3) is 5.56 Å². The number of fused-ring (bicyclic) bond motifs is 1. The van der Waals surface area contributed by atoms with E-state index in [-0.39, 0.29) is 23.3 Å². The monoisotopic (exact) mass is 421 g/mol. The fourth-order valence-corrected chi connectivity index (χ4v) is 4.52. The molecule has 0 atom stereocenters. The lowest BCUT2D eigenvalue weighted by molar-refractivity contribution is -0.119. The molecule has 2 aromatic rings. The van der Waals surface area contributed by atoms with E-state index >= 15 is 0 Å². The van der Waals surface area contributed by atoms with Crippen LogP contribution in [0, 0.1) is 5.92 Å². The summed E-state index contributed by atoms with van der Waals surface area (Å²) in [5, 5.41) is 4.81. The molecule has 1 heterocycles. The molecule has 0 spiro atoms. The average Bonchev–Trinajstić information content (AvgIpc) is 2.66. The van der Waals surface area contributed by atoms with Crippen LogP contribution in [0.2, 0.25) is 5.02 Å². The van der Waals surface area contributed by atoms with Crippen LogP contribution in [0.25, 0.3) is 10.9 Å². The first-order valence-corrected chi connectivity index (χ1v) is 11.4. The van der Waals surface area contributed by atoms with Gasteiger partial charge in [-0.25, -0.2) is 4.98 Å². The highest BCUT2D eigenvalue weighted by atomic mass is 35.5. The summed E-state index contributed by atoms with van der Waals surface area (Å²) in [5.41, 5.74) is 0.506.